The second-order valence-electron chi connectivity index (χ2n) is 5.10. The van der Waals surface area contributed by atoms with Crippen molar-refractivity contribution < 1.29 is 4.92 Å². The number of hydrogen-bond donors (Lipinski definition) is 3. The van der Waals surface area contributed by atoms with Crippen LogP contribution in [0.15, 0.2) is 41.3 Å². The van der Waals surface area contributed by atoms with Gasteiger partial charge in [-0.3, -0.25) is 25.2 Å². The first-order valence-electron chi connectivity index (χ1n) is 6.63. The number of anilines is 1. The molecule has 4 N–H and O–H groups in total. The zero-order valence-corrected chi connectivity index (χ0v) is 12.5. The van der Waals surface area contributed by atoms with Crippen LogP contribution in [0.4, 0.5) is 5.69 Å². The molecule has 11 heteroatoms. The van der Waals surface area contributed by atoms with Gasteiger partial charge in [0.1, 0.15) is 6.21 Å². The monoisotopic (exact) mass is 317 g/mol. The highest BCUT2D eigenvalue weighted by atomic mass is 16.6. The lowest BCUT2D eigenvalue weighted by Crippen LogP contribution is -2.52. The fourth-order valence-electron chi connectivity index (χ4n) is 2.14. The molecule has 0 radical (unpaired) electrons. The molecule has 1 aliphatic rings. The number of aryl methyl sites for hydroxylation is 2. The van der Waals surface area contributed by atoms with Crippen LogP contribution in [0.3, 0.4) is 0 Å². The van der Waals surface area contributed by atoms with E-state index < -0.39 is 10.7 Å². The lowest BCUT2D eigenvalue weighted by Gasteiger charge is -2.29. The lowest BCUT2D eigenvalue weighted by molar-refractivity contribution is -0.416. The summed E-state index contributed by atoms with van der Waals surface area (Å²) >= 11 is 0. The Morgan fingerprint density at radius 1 is 1.30 bits per heavy atom. The first-order chi connectivity index (χ1) is 10.9. The minimum absolute atomic E-state index is 0.129. The number of nitrogens with two attached hydrogens (primary N) is 1. The van der Waals surface area contributed by atoms with Gasteiger partial charge >= 0.3 is 5.70 Å². The number of nitrogens with zero attached hydrogens (tertiary/aromatic N) is 6. The Morgan fingerprint density at radius 3 is 2.57 bits per heavy atom. The third-order valence-electron chi connectivity index (χ3n) is 3.28. The Hall–Kier alpha value is -3.21. The summed E-state index contributed by atoms with van der Waals surface area (Å²) in [7, 11) is 3.49. The molecule has 1 aliphatic heterocycles. The molecule has 3 rings (SSSR count). The number of aliphatic imine (C=N–C) groups is 1. The predicted octanol–water partition coefficient (Wildman–Crippen LogP) is -0.545. The van der Waals surface area contributed by atoms with Gasteiger partial charge in [0.15, 0.2) is 5.82 Å². The van der Waals surface area contributed by atoms with Crippen molar-refractivity contribution in [3.63, 3.8) is 0 Å². The maximum atomic E-state index is 11.2. The highest BCUT2D eigenvalue weighted by molar-refractivity contribution is 5.79. The summed E-state index contributed by atoms with van der Waals surface area (Å²) in [6, 6.07) is 0. The fourth-order valence-corrected chi connectivity index (χ4v) is 2.14. The zero-order valence-electron chi connectivity index (χ0n) is 12.5. The predicted molar refractivity (Wildman–Crippen MR) is 81.6 cm³/mol. The molecule has 0 fully saturated rings. The van der Waals surface area contributed by atoms with Crippen LogP contribution in [0, 0.1) is 10.1 Å². The molecular formula is C12H15N9O2. The summed E-state index contributed by atoms with van der Waals surface area (Å²) in [6.07, 6.45) is 7.58. The Bertz CT molecular complexity index is 818. The zero-order chi connectivity index (χ0) is 16.6. The Kier molecular flexibility index (Phi) is 3.33. The molecule has 0 spiro atoms. The molecule has 0 aliphatic carbocycles. The van der Waals surface area contributed by atoms with Crippen molar-refractivity contribution >= 4 is 11.9 Å². The maximum absolute atomic E-state index is 11.2. The van der Waals surface area contributed by atoms with Gasteiger partial charge in [-0.2, -0.15) is 10.2 Å². The van der Waals surface area contributed by atoms with Crippen molar-refractivity contribution in [2.75, 3.05) is 5.32 Å². The topological polar surface area (TPSA) is 141 Å². The standard InChI is InChI=1S/C12H15N9O2/c1-19-6-8(3-15-19)12(13)14-5-10(21(22)23)11(18-12)17-9-4-16-20(2)7-9/h3-7,17-18H,13H2,1-2H3. The summed E-state index contributed by atoms with van der Waals surface area (Å²) < 4.78 is 3.14. The van der Waals surface area contributed by atoms with E-state index in [1.54, 1.807) is 48.2 Å². The summed E-state index contributed by atoms with van der Waals surface area (Å²) in [5, 5.41) is 25.0. The van der Waals surface area contributed by atoms with Crippen molar-refractivity contribution in [3.8, 4) is 0 Å². The largest absolute Gasteiger partial charge is 0.334 e. The average molecular weight is 317 g/mol. The van der Waals surface area contributed by atoms with Crippen molar-refractivity contribution in [1.29, 1.82) is 0 Å². The molecule has 120 valence electrons. The molecule has 0 saturated carbocycles. The van der Waals surface area contributed by atoms with Gasteiger partial charge < -0.3 is 10.6 Å². The smallest absolute Gasteiger partial charge is 0.327 e. The van der Waals surface area contributed by atoms with Crippen LogP contribution in [-0.2, 0) is 19.9 Å². The summed E-state index contributed by atoms with van der Waals surface area (Å²) in [6.45, 7) is 0. The molecule has 0 saturated heterocycles. The van der Waals surface area contributed by atoms with E-state index in [9.17, 15) is 10.1 Å². The maximum Gasteiger partial charge on any atom is 0.327 e. The second-order valence-corrected chi connectivity index (χ2v) is 5.10. The molecule has 23 heavy (non-hydrogen) atoms. The second kappa shape index (κ2) is 5.21. The van der Waals surface area contributed by atoms with E-state index in [-0.39, 0.29) is 11.5 Å². The van der Waals surface area contributed by atoms with Gasteiger partial charge in [-0.15, -0.1) is 0 Å². The van der Waals surface area contributed by atoms with Gasteiger partial charge in [-0.1, -0.05) is 0 Å². The van der Waals surface area contributed by atoms with Gasteiger partial charge in [0, 0.05) is 26.5 Å². The molecule has 2 aromatic heterocycles. The van der Waals surface area contributed by atoms with E-state index in [2.05, 4.69) is 25.8 Å². The average Bonchev–Trinajstić information content (AvgIpc) is 3.08. The lowest BCUT2D eigenvalue weighted by atomic mass is 10.1. The van der Waals surface area contributed by atoms with Crippen molar-refractivity contribution in [2.24, 2.45) is 24.8 Å². The first-order valence-corrected chi connectivity index (χ1v) is 6.63. The quantitative estimate of drug-likeness (QED) is 0.507. The minimum Gasteiger partial charge on any atom is -0.334 e. The van der Waals surface area contributed by atoms with Gasteiger partial charge in [-0.25, -0.2) is 4.99 Å². The van der Waals surface area contributed by atoms with Crippen LogP contribution in [0.1, 0.15) is 5.56 Å². The molecule has 1 unspecified atom stereocenters. The SMILES string of the molecule is Cn1cc(NC2=C([N+](=O)[O-])C=NC(N)(c3cnn(C)c3)N2)cn1. The van der Waals surface area contributed by atoms with E-state index in [4.69, 9.17) is 5.73 Å². The number of aromatic nitrogens is 4. The van der Waals surface area contributed by atoms with Crippen LogP contribution < -0.4 is 16.4 Å². The number of allylic oxidation sites excluding steroid dienone is 1. The van der Waals surface area contributed by atoms with Gasteiger partial charge in [0.25, 0.3) is 0 Å². The highest BCUT2D eigenvalue weighted by Gasteiger charge is 2.35. The third kappa shape index (κ3) is 2.76. The van der Waals surface area contributed by atoms with Crippen molar-refractivity contribution in [1.82, 2.24) is 24.9 Å². The Balaban J connectivity index is 1.95. The third-order valence-corrected chi connectivity index (χ3v) is 3.28. The molecular weight excluding hydrogens is 302 g/mol. The Morgan fingerprint density at radius 2 is 2.00 bits per heavy atom. The van der Waals surface area contributed by atoms with Crippen molar-refractivity contribution in [2.45, 2.75) is 5.79 Å². The molecule has 3 heterocycles. The van der Waals surface area contributed by atoms with Gasteiger partial charge in [0.2, 0.25) is 5.79 Å². The molecule has 11 nitrogen and oxygen atoms in total. The van der Waals surface area contributed by atoms with Crippen LogP contribution >= 0.6 is 0 Å². The minimum atomic E-state index is -1.35. The van der Waals surface area contributed by atoms with E-state index >= 15 is 0 Å². The van der Waals surface area contributed by atoms with E-state index in [0.29, 0.717) is 11.3 Å². The number of nitrogens with one attached hydrogen (secondary N) is 2. The van der Waals surface area contributed by atoms with Crippen molar-refractivity contribution in [3.05, 3.63) is 52.0 Å². The number of rotatable bonds is 4. The Labute approximate surface area is 130 Å². The van der Waals surface area contributed by atoms with Crippen LogP contribution in [-0.4, -0.2) is 30.7 Å². The summed E-state index contributed by atoms with van der Waals surface area (Å²) in [5.41, 5.74) is 7.16. The molecule has 0 amide bonds. The summed E-state index contributed by atoms with van der Waals surface area (Å²) in [5.74, 6) is -1.22. The molecule has 0 aromatic carbocycles. The van der Waals surface area contributed by atoms with E-state index in [0.717, 1.165) is 6.21 Å². The van der Waals surface area contributed by atoms with E-state index in [1.165, 1.54) is 0 Å². The van der Waals surface area contributed by atoms with Crippen LogP contribution in [0.5, 0.6) is 0 Å². The van der Waals surface area contributed by atoms with Gasteiger partial charge in [-0.05, 0) is 0 Å². The molecule has 0 bridgehead atoms. The fraction of sp³-hybridized carbons (Fsp3) is 0.250. The molecule has 1 atom stereocenters. The normalized spacial score (nSPS) is 20.5. The van der Waals surface area contributed by atoms with Crippen LogP contribution in [0.25, 0.3) is 0 Å². The summed E-state index contributed by atoms with van der Waals surface area (Å²) in [4.78, 5) is 14.7. The van der Waals surface area contributed by atoms with Gasteiger partial charge in [0.05, 0.1) is 28.6 Å². The van der Waals surface area contributed by atoms with Crippen LogP contribution in [0.2, 0.25) is 0 Å². The number of hydrogen-bond acceptors (Lipinski definition) is 8. The highest BCUT2D eigenvalue weighted by Crippen LogP contribution is 2.23. The molecule has 2 aromatic rings. The van der Waals surface area contributed by atoms with E-state index in [1.807, 2.05) is 0 Å². The first kappa shape index (κ1) is 14.7. The number of nitro groups is 1.